The minimum atomic E-state index is -0.927. The molecule has 0 saturated carbocycles. The Balaban J connectivity index is 1.81. The van der Waals surface area contributed by atoms with Gasteiger partial charge < -0.3 is 26.3 Å². The Bertz CT molecular complexity index is 691. The van der Waals surface area contributed by atoms with E-state index in [1.807, 2.05) is 4.90 Å². The average molecular weight is 336 g/mol. The largest absolute Gasteiger partial charge is 0.449 e. The number of fused-ring (bicyclic) bond motifs is 5. The molecule has 3 heterocycles. The topological polar surface area (TPSA) is 147 Å². The SMILES string of the molecule is CO[C@@]12[C@H](COC(N)=O)C3C(=O)C(N)=C(C)C(=O)C3N1C[C@@H]1N[C@@H]12. The van der Waals surface area contributed by atoms with Crippen molar-refractivity contribution in [2.24, 2.45) is 23.3 Å². The maximum Gasteiger partial charge on any atom is 0.404 e. The molecular weight excluding hydrogens is 316 g/mol. The highest BCUT2D eigenvalue weighted by molar-refractivity contribution is 6.15. The van der Waals surface area contributed by atoms with E-state index in [9.17, 15) is 14.4 Å². The van der Waals surface area contributed by atoms with Crippen molar-refractivity contribution in [2.75, 3.05) is 20.3 Å². The second-order valence-corrected chi connectivity index (χ2v) is 6.83. The smallest absolute Gasteiger partial charge is 0.404 e. The van der Waals surface area contributed by atoms with Crippen LogP contribution in [0.15, 0.2) is 11.3 Å². The van der Waals surface area contributed by atoms with Gasteiger partial charge in [0.25, 0.3) is 0 Å². The second kappa shape index (κ2) is 4.78. The van der Waals surface area contributed by atoms with E-state index < -0.39 is 29.7 Å². The van der Waals surface area contributed by atoms with E-state index >= 15 is 0 Å². The molecule has 0 aromatic heterocycles. The molecule has 24 heavy (non-hydrogen) atoms. The van der Waals surface area contributed by atoms with Gasteiger partial charge in [0.15, 0.2) is 11.6 Å². The number of nitrogens with two attached hydrogens (primary N) is 2. The van der Waals surface area contributed by atoms with E-state index in [2.05, 4.69) is 5.32 Å². The highest BCUT2D eigenvalue weighted by Gasteiger charge is 2.76. The van der Waals surface area contributed by atoms with Crippen molar-refractivity contribution in [3.05, 3.63) is 11.3 Å². The zero-order valence-electron chi connectivity index (χ0n) is 13.4. The third kappa shape index (κ3) is 1.66. The predicted molar refractivity (Wildman–Crippen MR) is 80.4 cm³/mol. The van der Waals surface area contributed by atoms with Crippen LogP contribution in [0.5, 0.6) is 0 Å². The van der Waals surface area contributed by atoms with Crippen molar-refractivity contribution < 1.29 is 23.9 Å². The number of carbonyl (C=O) groups is 3. The van der Waals surface area contributed by atoms with Gasteiger partial charge in [0.2, 0.25) is 0 Å². The second-order valence-electron chi connectivity index (χ2n) is 6.83. The Morgan fingerprint density at radius 3 is 2.75 bits per heavy atom. The summed E-state index contributed by atoms with van der Waals surface area (Å²) in [7, 11) is 1.54. The van der Waals surface area contributed by atoms with Crippen LogP contribution in [-0.4, -0.2) is 66.7 Å². The lowest BCUT2D eigenvalue weighted by molar-refractivity contribution is -0.147. The number of nitrogens with one attached hydrogen (secondary N) is 1. The minimum Gasteiger partial charge on any atom is -0.449 e. The summed E-state index contributed by atoms with van der Waals surface area (Å²) >= 11 is 0. The van der Waals surface area contributed by atoms with E-state index in [1.54, 1.807) is 14.0 Å². The van der Waals surface area contributed by atoms with Crippen LogP contribution in [0.25, 0.3) is 0 Å². The Labute approximate surface area is 138 Å². The van der Waals surface area contributed by atoms with Gasteiger partial charge in [-0.05, 0) is 6.92 Å². The zero-order chi connectivity index (χ0) is 17.4. The number of Topliss-reactive ketones (excluding diaryl/α,β-unsaturated/α-hetero) is 2. The summed E-state index contributed by atoms with van der Waals surface area (Å²) in [6.07, 6.45) is -0.927. The van der Waals surface area contributed by atoms with E-state index in [0.717, 1.165) is 0 Å². The number of piperazine rings is 1. The number of hydrogen-bond acceptors (Lipinski definition) is 8. The fraction of sp³-hybridized carbons (Fsp3) is 0.667. The molecule has 1 aliphatic carbocycles. The van der Waals surface area contributed by atoms with Gasteiger partial charge in [-0.1, -0.05) is 0 Å². The van der Waals surface area contributed by atoms with Gasteiger partial charge in [-0.25, -0.2) is 4.79 Å². The van der Waals surface area contributed by atoms with Crippen LogP contribution in [0.3, 0.4) is 0 Å². The molecule has 9 heteroatoms. The first-order valence-electron chi connectivity index (χ1n) is 7.89. The zero-order valence-corrected chi connectivity index (χ0v) is 13.4. The molecule has 5 N–H and O–H groups in total. The Hall–Kier alpha value is -1.97. The van der Waals surface area contributed by atoms with Gasteiger partial charge in [-0.2, -0.15) is 0 Å². The first-order chi connectivity index (χ1) is 11.3. The molecule has 130 valence electrons. The summed E-state index contributed by atoms with van der Waals surface area (Å²) in [4.78, 5) is 38.7. The van der Waals surface area contributed by atoms with E-state index in [-0.39, 0.29) is 41.5 Å². The van der Waals surface area contributed by atoms with Crippen LogP contribution in [0, 0.1) is 11.8 Å². The normalized spacial score (nSPS) is 43.5. The summed E-state index contributed by atoms with van der Waals surface area (Å²) in [5.74, 6) is -1.68. The average Bonchev–Trinajstić information content (AvgIpc) is 3.16. The standard InChI is InChI=1S/C15H20N4O5/c1-5-9(16)12(21)8-6(4-24-14(17)22)15(23-2)13-7(18-13)3-19(15)10(8)11(5)20/h6-8,10,13,18H,3-4,16H2,1-2H3,(H2,17,22)/t6-,7+,8?,10?,13+,15-/m1/s1. The van der Waals surface area contributed by atoms with E-state index in [1.165, 1.54) is 0 Å². The third-order valence-corrected chi connectivity index (χ3v) is 5.96. The first-order valence-corrected chi connectivity index (χ1v) is 7.89. The molecule has 3 fully saturated rings. The number of amides is 1. The van der Waals surface area contributed by atoms with Gasteiger partial charge in [-0.3, -0.25) is 14.5 Å². The van der Waals surface area contributed by atoms with Crippen LogP contribution in [0.4, 0.5) is 4.79 Å². The Morgan fingerprint density at radius 2 is 2.12 bits per heavy atom. The molecule has 0 spiro atoms. The van der Waals surface area contributed by atoms with Crippen molar-refractivity contribution in [1.29, 1.82) is 0 Å². The number of rotatable bonds is 3. The summed E-state index contributed by atoms with van der Waals surface area (Å²) < 4.78 is 10.9. The number of hydrogen-bond donors (Lipinski definition) is 3. The van der Waals surface area contributed by atoms with E-state index in [0.29, 0.717) is 6.54 Å². The Kier molecular flexibility index (Phi) is 3.09. The molecule has 9 nitrogen and oxygen atoms in total. The number of methoxy groups -OCH3 is 1. The lowest BCUT2D eigenvalue weighted by Gasteiger charge is -2.38. The summed E-state index contributed by atoms with van der Waals surface area (Å²) in [5, 5.41) is 3.30. The van der Waals surface area contributed by atoms with Crippen molar-refractivity contribution in [2.45, 2.75) is 30.8 Å². The molecule has 0 aromatic carbocycles. The quantitative estimate of drug-likeness (QED) is 0.505. The highest BCUT2D eigenvalue weighted by Crippen LogP contribution is 2.56. The van der Waals surface area contributed by atoms with Crippen molar-refractivity contribution >= 4 is 17.7 Å². The lowest BCUT2D eigenvalue weighted by atomic mass is 9.74. The van der Waals surface area contributed by atoms with Gasteiger partial charge in [-0.15, -0.1) is 0 Å². The number of primary amides is 1. The molecule has 0 radical (unpaired) electrons. The molecule has 4 rings (SSSR count). The fourth-order valence-corrected chi connectivity index (χ4v) is 4.86. The van der Waals surface area contributed by atoms with Crippen molar-refractivity contribution in [3.63, 3.8) is 0 Å². The van der Waals surface area contributed by atoms with Crippen molar-refractivity contribution in [1.82, 2.24) is 10.2 Å². The summed E-state index contributed by atoms with van der Waals surface area (Å²) in [5.41, 5.74) is 10.4. The van der Waals surface area contributed by atoms with Crippen LogP contribution in [0.1, 0.15) is 6.92 Å². The highest BCUT2D eigenvalue weighted by atomic mass is 16.6. The molecule has 3 aliphatic heterocycles. The van der Waals surface area contributed by atoms with Gasteiger partial charge in [0.05, 0.1) is 23.7 Å². The fourth-order valence-electron chi connectivity index (χ4n) is 4.86. The molecule has 2 unspecified atom stereocenters. The molecule has 6 atom stereocenters. The third-order valence-electron chi connectivity index (χ3n) is 5.96. The van der Waals surface area contributed by atoms with Crippen LogP contribution in [0.2, 0.25) is 0 Å². The van der Waals surface area contributed by atoms with E-state index in [4.69, 9.17) is 20.9 Å². The first kappa shape index (κ1) is 15.6. The number of ether oxygens (including phenoxy) is 2. The maximum absolute atomic E-state index is 12.8. The number of ketones is 2. The molecule has 0 aromatic rings. The molecular formula is C15H20N4O5. The maximum atomic E-state index is 12.8. The van der Waals surface area contributed by atoms with Crippen LogP contribution >= 0.6 is 0 Å². The molecule has 4 aliphatic rings. The van der Waals surface area contributed by atoms with Gasteiger partial charge in [0.1, 0.15) is 12.3 Å². The number of carbonyl (C=O) groups excluding carboxylic acids is 3. The van der Waals surface area contributed by atoms with Gasteiger partial charge >= 0.3 is 6.09 Å². The lowest BCUT2D eigenvalue weighted by Crippen LogP contribution is -2.56. The minimum absolute atomic E-state index is 0.0157. The van der Waals surface area contributed by atoms with Crippen LogP contribution in [-0.2, 0) is 19.1 Å². The molecule has 1 amide bonds. The summed E-state index contributed by atoms with van der Waals surface area (Å²) in [6.45, 7) is 2.07. The molecule has 0 bridgehead atoms. The van der Waals surface area contributed by atoms with Crippen LogP contribution < -0.4 is 16.8 Å². The number of allylic oxidation sites excluding steroid dienone is 1. The van der Waals surface area contributed by atoms with Gasteiger partial charge in [0, 0.05) is 31.2 Å². The monoisotopic (exact) mass is 336 g/mol. The number of nitrogens with zero attached hydrogens (tertiary/aromatic N) is 1. The molecule has 3 saturated heterocycles. The predicted octanol–water partition coefficient (Wildman–Crippen LogP) is -1.92. The summed E-state index contributed by atoms with van der Waals surface area (Å²) in [6, 6.07) is -0.453. The Morgan fingerprint density at radius 1 is 1.42 bits per heavy atom. The van der Waals surface area contributed by atoms with Crippen molar-refractivity contribution in [3.8, 4) is 0 Å².